The third-order valence-electron chi connectivity index (χ3n) is 7.47. The second-order valence-electron chi connectivity index (χ2n) is 10.5. The summed E-state index contributed by atoms with van der Waals surface area (Å²) in [5.41, 5.74) is 11.3. The number of H-pyrrole nitrogens is 1. The summed E-state index contributed by atoms with van der Waals surface area (Å²) in [7, 11) is 0. The number of nitrogens with two attached hydrogens (primary N) is 2. The Labute approximate surface area is 262 Å². The van der Waals surface area contributed by atoms with E-state index in [0.717, 1.165) is 0 Å². The van der Waals surface area contributed by atoms with E-state index in [1.165, 1.54) is 35.0 Å². The number of aromatic amines is 1. The largest absolute Gasteiger partial charge is 0.388 e. The fourth-order valence-corrected chi connectivity index (χ4v) is 8.41. The first-order valence-electron chi connectivity index (χ1n) is 13.2. The molecule has 4 aromatic heterocycles. The van der Waals surface area contributed by atoms with Crippen LogP contribution in [0.25, 0.3) is 22.3 Å². The number of alkyl halides is 1. The highest BCUT2D eigenvalue weighted by Gasteiger charge is 2.51. The highest BCUT2D eigenvalue weighted by molar-refractivity contribution is 8.44. The molecule has 7 N–H and O–H groups in total. The van der Waals surface area contributed by atoms with Crippen LogP contribution in [-0.4, -0.2) is 85.7 Å². The van der Waals surface area contributed by atoms with Gasteiger partial charge in [-0.2, -0.15) is 4.98 Å². The van der Waals surface area contributed by atoms with Gasteiger partial charge in [-0.25, -0.2) is 33.5 Å². The highest BCUT2D eigenvalue weighted by Crippen LogP contribution is 2.60. The lowest BCUT2D eigenvalue weighted by molar-refractivity contribution is -0.0605. The summed E-state index contributed by atoms with van der Waals surface area (Å²) in [6, 6.07) is -1.03. The van der Waals surface area contributed by atoms with Crippen molar-refractivity contribution in [2.75, 3.05) is 11.5 Å². The lowest BCUT2D eigenvalue weighted by atomic mass is 10.1. The number of ether oxygens (including phenoxy) is 1. The summed E-state index contributed by atoms with van der Waals surface area (Å²) in [6.45, 7) is -7.35. The highest BCUT2D eigenvalue weighted by atomic mass is 32.7. The molecule has 19 nitrogen and oxygen atoms in total. The van der Waals surface area contributed by atoms with Crippen LogP contribution < -0.4 is 17.0 Å². The molecule has 45 heavy (non-hydrogen) atoms. The van der Waals surface area contributed by atoms with E-state index in [1.54, 1.807) is 0 Å². The van der Waals surface area contributed by atoms with E-state index in [9.17, 15) is 23.9 Å². The van der Waals surface area contributed by atoms with Gasteiger partial charge in [0.1, 0.15) is 30.2 Å². The van der Waals surface area contributed by atoms with Crippen LogP contribution in [0, 0.1) is 0 Å². The maximum absolute atomic E-state index is 15.2. The predicted molar refractivity (Wildman–Crippen MR) is 161 cm³/mol. The van der Waals surface area contributed by atoms with Gasteiger partial charge in [-0.3, -0.25) is 27.9 Å². The predicted octanol–water partition coefficient (Wildman–Crippen LogP) is 1.30. The lowest BCUT2D eigenvalue weighted by Crippen LogP contribution is -2.34. The minimum atomic E-state index is -4.41. The van der Waals surface area contributed by atoms with Crippen molar-refractivity contribution < 1.29 is 41.8 Å². The second-order valence-corrected chi connectivity index (χ2v) is 16.0. The zero-order valence-corrected chi connectivity index (χ0v) is 26.5. The molecule has 1 aliphatic heterocycles. The molecule has 0 radical (unpaired) electrons. The maximum atomic E-state index is 15.2. The monoisotopic (exact) mass is 708 g/mol. The van der Waals surface area contributed by atoms with Crippen molar-refractivity contribution in [3.8, 4) is 0 Å². The number of nitrogens with one attached hydrogen (secondary N) is 1. The van der Waals surface area contributed by atoms with E-state index in [-0.39, 0.29) is 46.9 Å². The summed E-state index contributed by atoms with van der Waals surface area (Å²) in [5.74, 6) is -0.120. The average molecular weight is 709 g/mol. The van der Waals surface area contributed by atoms with Gasteiger partial charge in [-0.15, -0.1) is 0 Å². The number of rotatable bonds is 9. The number of anilines is 2. The number of halogens is 1. The van der Waals surface area contributed by atoms with Crippen LogP contribution in [0.2, 0.25) is 0 Å². The molecule has 2 fully saturated rings. The Balaban J connectivity index is 1.22. The number of nitrogen functional groups attached to an aromatic ring is 2. The molecule has 5 heterocycles. The van der Waals surface area contributed by atoms with Gasteiger partial charge in [0, 0.05) is 12.8 Å². The molecule has 24 heteroatoms. The van der Waals surface area contributed by atoms with Crippen LogP contribution in [0.1, 0.15) is 32.0 Å². The first-order valence-corrected chi connectivity index (χ1v) is 18.6. The van der Waals surface area contributed by atoms with E-state index >= 15 is 4.39 Å². The van der Waals surface area contributed by atoms with E-state index in [2.05, 4.69) is 54.4 Å². The Hall–Kier alpha value is -2.65. The van der Waals surface area contributed by atoms with E-state index in [4.69, 9.17) is 29.8 Å². The quantitative estimate of drug-likeness (QED) is 0.0953. The number of thiol groups is 2. The van der Waals surface area contributed by atoms with Crippen molar-refractivity contribution in [3.05, 3.63) is 29.3 Å². The Morgan fingerprint density at radius 1 is 1.11 bits per heavy atom. The van der Waals surface area contributed by atoms with Crippen LogP contribution in [-0.2, 0) is 27.4 Å². The summed E-state index contributed by atoms with van der Waals surface area (Å²) in [5, 5.41) is 11.1. The van der Waals surface area contributed by atoms with Gasteiger partial charge in [0.2, 0.25) is 5.95 Å². The summed E-state index contributed by atoms with van der Waals surface area (Å²) < 4.78 is 65.7. The van der Waals surface area contributed by atoms with Crippen molar-refractivity contribution in [1.82, 2.24) is 39.0 Å². The molecule has 2 unspecified atom stereocenters. The third-order valence-corrected chi connectivity index (χ3v) is 9.97. The Bertz CT molecular complexity index is 1910. The minimum Gasteiger partial charge on any atom is -0.388 e. The molecule has 1 saturated heterocycles. The van der Waals surface area contributed by atoms with E-state index in [1.807, 2.05) is 0 Å². The summed E-state index contributed by atoms with van der Waals surface area (Å²) in [4.78, 5) is 44.5. The number of fused-ring (bicyclic) bond motifs is 2. The topological polar surface area (TPSA) is 271 Å². The molecule has 0 aromatic carbocycles. The van der Waals surface area contributed by atoms with Crippen LogP contribution in [0.4, 0.5) is 16.2 Å². The van der Waals surface area contributed by atoms with Crippen molar-refractivity contribution in [3.63, 3.8) is 0 Å². The molecule has 0 amide bonds. The van der Waals surface area contributed by atoms with Crippen LogP contribution in [0.3, 0.4) is 0 Å². The van der Waals surface area contributed by atoms with Gasteiger partial charge in [0.15, 0.2) is 28.9 Å². The van der Waals surface area contributed by atoms with Gasteiger partial charge >= 0.3 is 13.6 Å². The minimum absolute atomic E-state index is 0.0116. The summed E-state index contributed by atoms with van der Waals surface area (Å²) in [6.07, 6.45) is -5.83. The van der Waals surface area contributed by atoms with Gasteiger partial charge in [-0.05, 0) is 6.92 Å². The SMILES string of the molecule is C[C@H](OP(=O)(S)O[C@@H]1[C@H](O)[C@@H](OP(=O)(O)S)C[C@H]1n1cnc2c(=O)[nH]c(N)nc21)[C@@H]1C[C@@H](F)[C@H](n2cnc3c(N)ncnc32)O1. The van der Waals surface area contributed by atoms with Crippen molar-refractivity contribution >= 4 is 72.2 Å². The fraction of sp³-hybridized carbons (Fsp3) is 0.524. The lowest BCUT2D eigenvalue weighted by Gasteiger charge is -2.29. The second kappa shape index (κ2) is 11.9. The maximum Gasteiger partial charge on any atom is 0.386 e. The van der Waals surface area contributed by atoms with Crippen LogP contribution in [0.5, 0.6) is 0 Å². The number of hydrogen-bond acceptors (Lipinski definition) is 15. The first-order chi connectivity index (χ1) is 21.1. The smallest absolute Gasteiger partial charge is 0.386 e. The van der Waals surface area contributed by atoms with Crippen molar-refractivity contribution in [1.29, 1.82) is 0 Å². The summed E-state index contributed by atoms with van der Waals surface area (Å²) >= 11 is 7.61. The van der Waals surface area contributed by atoms with Crippen LogP contribution in [0.15, 0.2) is 23.8 Å². The van der Waals surface area contributed by atoms with Gasteiger partial charge in [-0.1, -0.05) is 24.5 Å². The number of aromatic nitrogens is 8. The Morgan fingerprint density at radius 3 is 2.56 bits per heavy atom. The van der Waals surface area contributed by atoms with Crippen LogP contribution >= 0.6 is 38.1 Å². The number of aliphatic hydroxyl groups excluding tert-OH is 1. The molecule has 0 bridgehead atoms. The Kier molecular flexibility index (Phi) is 8.51. The number of nitrogens with zero attached hydrogens (tertiary/aromatic N) is 7. The fourth-order valence-electron chi connectivity index (χ4n) is 5.54. The van der Waals surface area contributed by atoms with Gasteiger partial charge in [0.05, 0.1) is 37.0 Å². The number of imidazole rings is 2. The molecule has 0 spiro atoms. The Morgan fingerprint density at radius 2 is 1.82 bits per heavy atom. The average Bonchev–Trinajstić information content (AvgIpc) is 3.70. The molecule has 2 aliphatic rings. The molecular formula is C21H27FN10O9P2S2. The number of aliphatic hydroxyl groups is 1. The molecule has 1 saturated carbocycles. The molecule has 10 atom stereocenters. The molecule has 4 aromatic rings. The third kappa shape index (κ3) is 6.36. The van der Waals surface area contributed by atoms with Crippen molar-refractivity contribution in [2.45, 2.75) is 68.7 Å². The number of hydrogen-bond donors (Lipinski definition) is 7. The van der Waals surface area contributed by atoms with E-state index < -0.39 is 68.1 Å². The van der Waals surface area contributed by atoms with Crippen molar-refractivity contribution in [2.24, 2.45) is 0 Å². The zero-order chi connectivity index (χ0) is 32.4. The standard InChI is InChI=1S/C21H27FN10O9P2S2/c1-7(10-2-8(22)20(38-10)32-6-27-12-16(23)25-4-26-17(12)32)39-43(37,45)41-15-9(3-11(14(15)33)40-42(35,36)44)31-5-28-13-18(31)29-21(24)30-19(13)34/h4-11,14-15,20,33H,2-3H2,1H3,(H,37,45)(H2,23,25,26)(H2,35,36,44)(H3,24,29,30,34)/t7-,8+,9+,10-,11-,14+,15-,20+,43?/m0/s1. The normalized spacial score (nSPS) is 30.5. The van der Waals surface area contributed by atoms with Gasteiger partial charge in [0.25, 0.3) is 5.56 Å². The molecule has 1 aliphatic carbocycles. The first kappa shape index (κ1) is 32.3. The molecular weight excluding hydrogens is 681 g/mol. The molecule has 244 valence electrons. The molecule has 6 rings (SSSR count). The van der Waals surface area contributed by atoms with Gasteiger partial charge < -0.3 is 30.8 Å². The zero-order valence-electron chi connectivity index (χ0n) is 23.0. The van der Waals surface area contributed by atoms with E-state index in [0.29, 0.717) is 0 Å².